The predicted octanol–water partition coefficient (Wildman–Crippen LogP) is 4.86. The molecule has 0 saturated carbocycles. The molecule has 1 saturated heterocycles. The molecule has 6 heteroatoms. The van der Waals surface area contributed by atoms with Gasteiger partial charge in [-0.1, -0.05) is 42.0 Å². The Labute approximate surface area is 173 Å². The van der Waals surface area contributed by atoms with E-state index in [1.807, 2.05) is 18.2 Å². The van der Waals surface area contributed by atoms with Crippen LogP contribution >= 0.6 is 11.6 Å². The summed E-state index contributed by atoms with van der Waals surface area (Å²) < 4.78 is 19.3. The van der Waals surface area contributed by atoms with E-state index >= 15 is 0 Å². The van der Waals surface area contributed by atoms with E-state index in [0.717, 1.165) is 37.0 Å². The molecule has 0 radical (unpaired) electrons. The van der Waals surface area contributed by atoms with Crippen LogP contribution in [0.25, 0.3) is 17.0 Å². The molecule has 3 aromatic rings. The summed E-state index contributed by atoms with van der Waals surface area (Å²) in [6.07, 6.45) is 5.63. The van der Waals surface area contributed by atoms with Crippen molar-refractivity contribution in [3.63, 3.8) is 0 Å². The van der Waals surface area contributed by atoms with Crippen molar-refractivity contribution >= 4 is 34.3 Å². The summed E-state index contributed by atoms with van der Waals surface area (Å²) in [5, 5.41) is 4.76. The lowest BCUT2D eigenvalue weighted by atomic mass is 10.0. The Balaban J connectivity index is 1.73. The van der Waals surface area contributed by atoms with Crippen LogP contribution in [0.4, 0.5) is 10.1 Å². The van der Waals surface area contributed by atoms with E-state index in [-0.39, 0.29) is 11.9 Å². The highest BCUT2D eigenvalue weighted by molar-refractivity contribution is 6.31. The molecule has 2 heterocycles. The van der Waals surface area contributed by atoms with Gasteiger partial charge in [0.25, 0.3) is 0 Å². The number of hydrogen-bond acceptors (Lipinski definition) is 4. The van der Waals surface area contributed by atoms with Crippen LogP contribution < -0.4 is 15.8 Å². The largest absolute Gasteiger partial charge is 0.423 e. The molecule has 0 aliphatic carbocycles. The van der Waals surface area contributed by atoms with Crippen LogP contribution in [0, 0.1) is 5.82 Å². The summed E-state index contributed by atoms with van der Waals surface area (Å²) in [6, 6.07) is 13.7. The molecule has 1 aliphatic rings. The second kappa shape index (κ2) is 8.80. The van der Waals surface area contributed by atoms with Crippen LogP contribution in [-0.2, 0) is 0 Å². The number of piperidine rings is 1. The molecule has 1 aliphatic heterocycles. The van der Waals surface area contributed by atoms with Gasteiger partial charge in [-0.3, -0.25) is 0 Å². The number of halogens is 2. The van der Waals surface area contributed by atoms with Crippen molar-refractivity contribution in [3.05, 3.63) is 81.4 Å². The number of nitrogens with one attached hydrogen (secondary N) is 1. The van der Waals surface area contributed by atoms with E-state index in [9.17, 15) is 9.18 Å². The maximum Gasteiger partial charge on any atom is 0.338 e. The summed E-state index contributed by atoms with van der Waals surface area (Å²) in [5.74, 6) is -0.255. The maximum atomic E-state index is 14.0. The Kier molecular flexibility index (Phi) is 5.97. The fourth-order valence-electron chi connectivity index (χ4n) is 3.82. The molecule has 2 aromatic carbocycles. The zero-order valence-electron chi connectivity index (χ0n) is 15.9. The molecule has 1 N–H and O–H groups in total. The Bertz CT molecular complexity index is 1090. The van der Waals surface area contributed by atoms with Crippen molar-refractivity contribution in [2.45, 2.75) is 18.9 Å². The van der Waals surface area contributed by atoms with E-state index in [1.54, 1.807) is 30.3 Å². The van der Waals surface area contributed by atoms with Gasteiger partial charge < -0.3 is 14.6 Å². The number of anilines is 1. The van der Waals surface area contributed by atoms with Crippen molar-refractivity contribution < 1.29 is 8.81 Å². The van der Waals surface area contributed by atoms with Gasteiger partial charge in [0.05, 0.1) is 5.69 Å². The first kappa shape index (κ1) is 19.7. The molecule has 150 valence electrons. The smallest absolute Gasteiger partial charge is 0.338 e. The van der Waals surface area contributed by atoms with Gasteiger partial charge in [-0.15, -0.1) is 0 Å². The highest BCUT2D eigenvalue weighted by Gasteiger charge is 2.23. The second-order valence-electron chi connectivity index (χ2n) is 7.15. The quantitative estimate of drug-likeness (QED) is 0.608. The molecule has 1 aromatic heterocycles. The molecule has 0 atom stereocenters. The first-order chi connectivity index (χ1) is 14.1. The Morgan fingerprint density at radius 2 is 1.97 bits per heavy atom. The fraction of sp³-hybridized carbons (Fsp3) is 0.261. The lowest BCUT2D eigenvalue weighted by Crippen LogP contribution is -2.43. The first-order valence-corrected chi connectivity index (χ1v) is 10.1. The van der Waals surface area contributed by atoms with E-state index in [4.69, 9.17) is 16.0 Å². The lowest BCUT2D eigenvalue weighted by Gasteiger charge is -2.36. The average molecular weight is 413 g/mol. The topological polar surface area (TPSA) is 45.5 Å². The standard InChI is InChI=1S/C23H22ClFN2O2/c24-17-7-8-22-19(14-17)21(15-23(28)29-22)27(18-9-11-26-12-10-18)13-3-5-16-4-1-2-6-20(16)25/h1-8,14-15,18,26H,9-13H2. The summed E-state index contributed by atoms with van der Waals surface area (Å²) >= 11 is 6.22. The third-order valence-corrected chi connectivity index (χ3v) is 5.48. The molecular weight excluding hydrogens is 391 g/mol. The molecule has 0 spiro atoms. The number of fused-ring (bicyclic) bond motifs is 1. The van der Waals surface area contributed by atoms with Gasteiger partial charge >= 0.3 is 5.63 Å². The normalized spacial score (nSPS) is 15.2. The van der Waals surface area contributed by atoms with Crippen molar-refractivity contribution in [1.29, 1.82) is 0 Å². The number of rotatable bonds is 5. The van der Waals surface area contributed by atoms with E-state index in [0.29, 0.717) is 22.7 Å². The molecule has 0 unspecified atom stereocenters. The van der Waals surface area contributed by atoms with E-state index in [2.05, 4.69) is 10.2 Å². The van der Waals surface area contributed by atoms with Gasteiger partial charge in [-0.25, -0.2) is 9.18 Å². The molecule has 1 fully saturated rings. The lowest BCUT2D eigenvalue weighted by molar-refractivity contribution is 0.437. The third-order valence-electron chi connectivity index (χ3n) is 5.25. The van der Waals surface area contributed by atoms with Crippen molar-refractivity contribution in [1.82, 2.24) is 5.32 Å². The molecule has 0 bridgehead atoms. The summed E-state index contributed by atoms with van der Waals surface area (Å²) in [5.41, 5.74) is 1.45. The van der Waals surface area contributed by atoms with Crippen LogP contribution in [0.2, 0.25) is 5.02 Å². The first-order valence-electron chi connectivity index (χ1n) is 9.73. The van der Waals surface area contributed by atoms with Crippen LogP contribution in [0.3, 0.4) is 0 Å². The summed E-state index contributed by atoms with van der Waals surface area (Å²) in [7, 11) is 0. The van der Waals surface area contributed by atoms with Crippen LogP contribution in [-0.4, -0.2) is 25.7 Å². The Morgan fingerprint density at radius 1 is 1.17 bits per heavy atom. The Hall–Kier alpha value is -2.63. The van der Waals surface area contributed by atoms with E-state index < -0.39 is 5.63 Å². The van der Waals surface area contributed by atoms with E-state index in [1.165, 1.54) is 12.1 Å². The average Bonchev–Trinajstić information content (AvgIpc) is 2.73. The van der Waals surface area contributed by atoms with Crippen LogP contribution in [0.15, 0.2) is 63.8 Å². The van der Waals surface area contributed by atoms with Gasteiger partial charge in [0, 0.05) is 34.6 Å². The highest BCUT2D eigenvalue weighted by atomic mass is 35.5. The molecule has 4 rings (SSSR count). The summed E-state index contributed by atoms with van der Waals surface area (Å²) in [4.78, 5) is 14.4. The zero-order chi connectivity index (χ0) is 20.2. The minimum atomic E-state index is -0.396. The zero-order valence-corrected chi connectivity index (χ0v) is 16.7. The molecule has 4 nitrogen and oxygen atoms in total. The fourth-order valence-corrected chi connectivity index (χ4v) is 3.99. The third kappa shape index (κ3) is 4.52. The highest BCUT2D eigenvalue weighted by Crippen LogP contribution is 2.31. The van der Waals surface area contributed by atoms with Gasteiger partial charge in [-0.2, -0.15) is 0 Å². The van der Waals surface area contributed by atoms with Gasteiger partial charge in [0.2, 0.25) is 0 Å². The minimum Gasteiger partial charge on any atom is -0.423 e. The maximum absolute atomic E-state index is 14.0. The monoisotopic (exact) mass is 412 g/mol. The van der Waals surface area contributed by atoms with Crippen molar-refractivity contribution in [2.75, 3.05) is 24.5 Å². The second-order valence-corrected chi connectivity index (χ2v) is 7.59. The SMILES string of the molecule is O=c1cc(N(CC=Cc2ccccc2F)C2CCNCC2)c2cc(Cl)ccc2o1. The van der Waals surface area contributed by atoms with Crippen LogP contribution in [0.5, 0.6) is 0 Å². The Morgan fingerprint density at radius 3 is 2.76 bits per heavy atom. The molecular formula is C23H22ClFN2O2. The number of hydrogen-bond donors (Lipinski definition) is 1. The van der Waals surface area contributed by atoms with Gasteiger partial charge in [0.1, 0.15) is 11.4 Å². The number of benzene rings is 2. The van der Waals surface area contributed by atoms with Crippen LogP contribution in [0.1, 0.15) is 18.4 Å². The summed E-state index contributed by atoms with van der Waals surface area (Å²) in [6.45, 7) is 2.38. The minimum absolute atomic E-state index is 0.255. The van der Waals surface area contributed by atoms with Crippen molar-refractivity contribution in [3.8, 4) is 0 Å². The molecule has 29 heavy (non-hydrogen) atoms. The van der Waals surface area contributed by atoms with Crippen molar-refractivity contribution in [2.24, 2.45) is 0 Å². The van der Waals surface area contributed by atoms with Gasteiger partial charge in [-0.05, 0) is 50.2 Å². The molecule has 0 amide bonds. The predicted molar refractivity (Wildman–Crippen MR) is 116 cm³/mol. The number of nitrogens with zero attached hydrogens (tertiary/aromatic N) is 1. The van der Waals surface area contributed by atoms with Gasteiger partial charge in [0.15, 0.2) is 0 Å².